The molecule has 7 heteroatoms. The van der Waals surface area contributed by atoms with Crippen LogP contribution < -0.4 is 5.32 Å². The summed E-state index contributed by atoms with van der Waals surface area (Å²) in [6.45, 7) is 3.06. The number of benzene rings is 1. The Morgan fingerprint density at radius 2 is 2.00 bits per heavy atom. The Bertz CT molecular complexity index is 594. The van der Waals surface area contributed by atoms with Crippen molar-refractivity contribution in [1.29, 1.82) is 0 Å². The van der Waals surface area contributed by atoms with E-state index in [0.717, 1.165) is 5.56 Å². The van der Waals surface area contributed by atoms with E-state index in [2.05, 4.69) is 5.32 Å². The van der Waals surface area contributed by atoms with Gasteiger partial charge in [-0.05, 0) is 17.9 Å². The average molecular weight is 352 g/mol. The molecule has 1 aromatic carbocycles. The van der Waals surface area contributed by atoms with E-state index >= 15 is 0 Å². The van der Waals surface area contributed by atoms with Crippen LogP contribution in [0, 0.1) is 11.8 Å². The van der Waals surface area contributed by atoms with E-state index in [1.54, 1.807) is 4.90 Å². The molecular formula is C17H24N2O4S. The number of hydrogen-bond donors (Lipinski definition) is 2. The van der Waals surface area contributed by atoms with Crippen LogP contribution in [0.25, 0.3) is 0 Å². The number of carbonyl (C=O) groups excluding carboxylic acids is 1. The Morgan fingerprint density at radius 1 is 1.29 bits per heavy atom. The molecule has 132 valence electrons. The smallest absolute Gasteiger partial charge is 0.317 e. The monoisotopic (exact) mass is 352 g/mol. The Morgan fingerprint density at radius 3 is 2.67 bits per heavy atom. The lowest BCUT2D eigenvalue weighted by molar-refractivity contribution is -0.143. The second kappa shape index (κ2) is 8.82. The second-order valence-electron chi connectivity index (χ2n) is 6.29. The molecule has 2 N–H and O–H groups in total. The molecule has 0 radical (unpaired) electrons. The van der Waals surface area contributed by atoms with E-state index in [4.69, 9.17) is 5.11 Å². The van der Waals surface area contributed by atoms with Gasteiger partial charge in [0.1, 0.15) is 0 Å². The molecule has 0 saturated carbocycles. The molecule has 0 aromatic heterocycles. The van der Waals surface area contributed by atoms with Gasteiger partial charge in [0.25, 0.3) is 0 Å². The number of carboxylic acid groups (broad SMARTS) is 1. The van der Waals surface area contributed by atoms with Crippen LogP contribution in [0.15, 0.2) is 30.3 Å². The van der Waals surface area contributed by atoms with E-state index in [0.29, 0.717) is 31.0 Å². The summed E-state index contributed by atoms with van der Waals surface area (Å²) in [4.78, 5) is 24.9. The molecule has 0 spiro atoms. The third-order valence-corrected chi connectivity index (χ3v) is 5.39. The summed E-state index contributed by atoms with van der Waals surface area (Å²) in [6, 6.07) is 9.31. The van der Waals surface area contributed by atoms with Crippen molar-refractivity contribution >= 4 is 22.8 Å². The van der Waals surface area contributed by atoms with E-state index in [9.17, 15) is 13.8 Å². The number of carboxylic acids is 1. The first-order valence-electron chi connectivity index (χ1n) is 8.10. The number of nitrogens with one attached hydrogen (secondary N) is 1. The molecule has 1 heterocycles. The third-order valence-electron chi connectivity index (χ3n) is 4.07. The minimum atomic E-state index is -1.04. The lowest BCUT2D eigenvalue weighted by atomic mass is 9.91. The van der Waals surface area contributed by atoms with E-state index in [-0.39, 0.29) is 18.5 Å². The van der Waals surface area contributed by atoms with Crippen LogP contribution >= 0.6 is 0 Å². The molecule has 3 atom stereocenters. The molecule has 1 aliphatic heterocycles. The van der Waals surface area contributed by atoms with Gasteiger partial charge in [0.15, 0.2) is 0 Å². The first-order valence-corrected chi connectivity index (χ1v) is 9.59. The minimum absolute atomic E-state index is 0.165. The predicted molar refractivity (Wildman–Crippen MR) is 93.0 cm³/mol. The molecule has 24 heavy (non-hydrogen) atoms. The van der Waals surface area contributed by atoms with Crippen LogP contribution in [0.4, 0.5) is 4.79 Å². The summed E-state index contributed by atoms with van der Waals surface area (Å²) in [5, 5.41) is 11.9. The number of hydrogen-bond acceptors (Lipinski definition) is 3. The standard InChI is InChI=1S/C17H24N2O4S/c1-13-9-15(16(20)21)11-19(10-13)17(22)18-7-8-24(23)12-14-5-3-2-4-6-14/h2-6,13,15H,7-12H2,1H3,(H,18,22)(H,20,21). The van der Waals surface area contributed by atoms with E-state index in [1.807, 2.05) is 37.3 Å². The summed E-state index contributed by atoms with van der Waals surface area (Å²) < 4.78 is 12.0. The van der Waals surface area contributed by atoms with Gasteiger partial charge in [-0.25, -0.2) is 4.79 Å². The second-order valence-corrected chi connectivity index (χ2v) is 7.86. The van der Waals surface area contributed by atoms with Gasteiger partial charge in [-0.3, -0.25) is 9.00 Å². The van der Waals surface area contributed by atoms with Crippen molar-refractivity contribution in [2.75, 3.05) is 25.4 Å². The highest BCUT2D eigenvalue weighted by Gasteiger charge is 2.31. The maximum absolute atomic E-state index is 12.2. The van der Waals surface area contributed by atoms with Gasteiger partial charge in [0, 0.05) is 41.9 Å². The third kappa shape index (κ3) is 5.63. The maximum atomic E-state index is 12.2. The highest BCUT2D eigenvalue weighted by molar-refractivity contribution is 7.84. The fourth-order valence-electron chi connectivity index (χ4n) is 2.91. The molecule has 1 aliphatic rings. The molecule has 1 saturated heterocycles. The highest BCUT2D eigenvalue weighted by atomic mass is 32.2. The van der Waals surface area contributed by atoms with Crippen molar-refractivity contribution in [3.63, 3.8) is 0 Å². The molecule has 2 amide bonds. The summed E-state index contributed by atoms with van der Waals surface area (Å²) >= 11 is 0. The summed E-state index contributed by atoms with van der Waals surface area (Å²) in [6.07, 6.45) is 0.597. The van der Waals surface area contributed by atoms with E-state index < -0.39 is 22.7 Å². The molecule has 0 aliphatic carbocycles. The molecule has 6 nitrogen and oxygen atoms in total. The van der Waals surface area contributed by atoms with Crippen molar-refractivity contribution in [3.8, 4) is 0 Å². The van der Waals surface area contributed by atoms with Gasteiger partial charge in [0.05, 0.1) is 5.92 Å². The SMILES string of the molecule is CC1CC(C(=O)O)CN(C(=O)NCCS(=O)Cc2ccccc2)C1. The fraction of sp³-hybridized carbons (Fsp3) is 0.529. The number of piperidine rings is 1. The molecular weight excluding hydrogens is 328 g/mol. The molecule has 2 rings (SSSR count). The number of carbonyl (C=O) groups is 2. The molecule has 3 unspecified atom stereocenters. The van der Waals surface area contributed by atoms with Crippen molar-refractivity contribution in [2.45, 2.75) is 19.1 Å². The van der Waals surface area contributed by atoms with Crippen LogP contribution in [0.2, 0.25) is 0 Å². The topological polar surface area (TPSA) is 86.7 Å². The van der Waals surface area contributed by atoms with Crippen molar-refractivity contribution in [2.24, 2.45) is 11.8 Å². The fourth-order valence-corrected chi connectivity index (χ4v) is 3.95. The predicted octanol–water partition coefficient (Wildman–Crippen LogP) is 1.69. The van der Waals surface area contributed by atoms with Crippen LogP contribution in [-0.2, 0) is 21.3 Å². The Kier molecular flexibility index (Phi) is 6.78. The van der Waals surface area contributed by atoms with Gasteiger partial charge in [0.2, 0.25) is 0 Å². The van der Waals surface area contributed by atoms with Crippen molar-refractivity contribution < 1.29 is 18.9 Å². The lowest BCUT2D eigenvalue weighted by Gasteiger charge is -2.34. The van der Waals surface area contributed by atoms with Gasteiger partial charge in [-0.2, -0.15) is 0 Å². The van der Waals surface area contributed by atoms with E-state index in [1.165, 1.54) is 0 Å². The van der Waals surface area contributed by atoms with Crippen molar-refractivity contribution in [3.05, 3.63) is 35.9 Å². The minimum Gasteiger partial charge on any atom is -0.481 e. The van der Waals surface area contributed by atoms with Gasteiger partial charge in [-0.1, -0.05) is 37.3 Å². The number of urea groups is 1. The van der Waals surface area contributed by atoms with Crippen LogP contribution in [0.3, 0.4) is 0 Å². The number of likely N-dealkylation sites (tertiary alicyclic amines) is 1. The van der Waals surface area contributed by atoms with Gasteiger partial charge < -0.3 is 15.3 Å². The largest absolute Gasteiger partial charge is 0.481 e. The number of aliphatic carboxylic acids is 1. The Balaban J connectivity index is 1.74. The summed E-state index contributed by atoms with van der Waals surface area (Å²) in [5.41, 5.74) is 1.01. The average Bonchev–Trinajstić information content (AvgIpc) is 2.55. The Labute approximate surface area is 144 Å². The number of nitrogens with zero attached hydrogens (tertiary/aromatic N) is 1. The van der Waals surface area contributed by atoms with Crippen molar-refractivity contribution in [1.82, 2.24) is 10.2 Å². The zero-order valence-corrected chi connectivity index (χ0v) is 14.6. The first-order chi connectivity index (χ1) is 11.5. The number of rotatable bonds is 6. The normalized spacial score (nSPS) is 22.0. The molecule has 1 aromatic rings. The zero-order chi connectivity index (χ0) is 17.5. The quantitative estimate of drug-likeness (QED) is 0.816. The van der Waals surface area contributed by atoms with Gasteiger partial charge in [-0.15, -0.1) is 0 Å². The van der Waals surface area contributed by atoms with Crippen LogP contribution in [0.1, 0.15) is 18.9 Å². The van der Waals surface area contributed by atoms with Gasteiger partial charge >= 0.3 is 12.0 Å². The molecule has 1 fully saturated rings. The van der Waals surface area contributed by atoms with Crippen LogP contribution in [-0.4, -0.2) is 51.6 Å². The highest BCUT2D eigenvalue weighted by Crippen LogP contribution is 2.21. The first kappa shape index (κ1) is 18.4. The lowest BCUT2D eigenvalue weighted by Crippen LogP contribution is -2.50. The summed E-state index contributed by atoms with van der Waals surface area (Å²) in [7, 11) is -1.04. The molecule has 0 bridgehead atoms. The Hall–Kier alpha value is -1.89. The zero-order valence-electron chi connectivity index (χ0n) is 13.8. The van der Waals surface area contributed by atoms with Crippen LogP contribution in [0.5, 0.6) is 0 Å². The number of amides is 2. The summed E-state index contributed by atoms with van der Waals surface area (Å²) in [5.74, 6) is -0.349. The maximum Gasteiger partial charge on any atom is 0.317 e.